The lowest BCUT2D eigenvalue weighted by Crippen LogP contribution is -2.22. The molecule has 2 N–H and O–H groups in total. The summed E-state index contributed by atoms with van der Waals surface area (Å²) in [6.45, 7) is 2.75. The number of methoxy groups -OCH3 is 1. The first-order chi connectivity index (χ1) is 13.9. The molecule has 0 heterocycles. The molecule has 2 aromatic carbocycles. The lowest BCUT2D eigenvalue weighted by Gasteiger charge is -2.14. The Morgan fingerprint density at radius 1 is 1.21 bits per heavy atom. The van der Waals surface area contributed by atoms with E-state index in [1.54, 1.807) is 19.3 Å². The number of aryl methyl sites for hydroxylation is 1. The first kappa shape index (κ1) is 22.5. The van der Waals surface area contributed by atoms with Crippen LogP contribution in [0.5, 0.6) is 11.5 Å². The molecule has 0 unspecified atom stereocenters. The van der Waals surface area contributed by atoms with Crippen LogP contribution in [0.1, 0.15) is 29.5 Å². The smallest absolute Gasteiger partial charge is 0.303 e. The van der Waals surface area contributed by atoms with E-state index in [0.717, 1.165) is 11.1 Å². The standard InChI is InChI=1S/C22H24BrNO5/c1-15-5-7-16(8-6-15)14-29-22-18(23)12-17(13-19(22)28-2)9-10-20(25)24-11-3-4-21(26)27/h5-10,12-13H,3-4,11,14H2,1-2H3,(H,24,25)(H,26,27)/b10-9+. The first-order valence-corrected chi connectivity index (χ1v) is 9.92. The average molecular weight is 462 g/mol. The molecular formula is C22H24BrNO5. The van der Waals surface area contributed by atoms with Crippen LogP contribution in [0.15, 0.2) is 46.9 Å². The van der Waals surface area contributed by atoms with Crippen LogP contribution in [-0.4, -0.2) is 30.6 Å². The summed E-state index contributed by atoms with van der Waals surface area (Å²) < 4.78 is 12.1. The van der Waals surface area contributed by atoms with Gasteiger partial charge in [0, 0.05) is 19.0 Å². The number of halogens is 1. The zero-order valence-corrected chi connectivity index (χ0v) is 18.0. The number of benzene rings is 2. The monoisotopic (exact) mass is 461 g/mol. The Balaban J connectivity index is 2.00. The number of hydrogen-bond acceptors (Lipinski definition) is 4. The molecule has 154 valence electrons. The SMILES string of the molecule is COc1cc(/C=C/C(=O)NCCCC(=O)O)cc(Br)c1OCc1ccc(C)cc1. The highest BCUT2D eigenvalue weighted by Gasteiger charge is 2.11. The van der Waals surface area contributed by atoms with Gasteiger partial charge >= 0.3 is 5.97 Å². The predicted octanol–water partition coefficient (Wildman–Crippen LogP) is 4.34. The second-order valence-electron chi connectivity index (χ2n) is 6.43. The van der Waals surface area contributed by atoms with Crippen molar-refractivity contribution in [1.29, 1.82) is 0 Å². The largest absolute Gasteiger partial charge is 0.493 e. The van der Waals surface area contributed by atoms with Crippen molar-refractivity contribution in [3.05, 3.63) is 63.6 Å². The third-order valence-electron chi connectivity index (χ3n) is 4.05. The van der Waals surface area contributed by atoms with E-state index < -0.39 is 5.97 Å². The third kappa shape index (κ3) is 7.62. The number of rotatable bonds is 10. The van der Waals surface area contributed by atoms with E-state index in [1.807, 2.05) is 37.3 Å². The number of ether oxygens (including phenoxy) is 2. The number of nitrogens with one attached hydrogen (secondary N) is 1. The van der Waals surface area contributed by atoms with Crippen LogP contribution in [0, 0.1) is 6.92 Å². The molecule has 0 radical (unpaired) electrons. The van der Waals surface area contributed by atoms with Gasteiger partial charge in [0.2, 0.25) is 5.91 Å². The fourth-order valence-electron chi connectivity index (χ4n) is 2.50. The van der Waals surface area contributed by atoms with E-state index in [1.165, 1.54) is 11.6 Å². The quantitative estimate of drug-likeness (QED) is 0.406. The maximum Gasteiger partial charge on any atom is 0.303 e. The average Bonchev–Trinajstić information content (AvgIpc) is 2.69. The normalized spacial score (nSPS) is 10.7. The summed E-state index contributed by atoms with van der Waals surface area (Å²) in [6.07, 6.45) is 3.47. The molecule has 0 spiro atoms. The second kappa shape index (κ2) is 11.3. The molecule has 7 heteroatoms. The van der Waals surface area contributed by atoms with Crippen molar-refractivity contribution in [1.82, 2.24) is 5.32 Å². The van der Waals surface area contributed by atoms with E-state index in [0.29, 0.717) is 35.5 Å². The van der Waals surface area contributed by atoms with Gasteiger partial charge in [0.15, 0.2) is 11.5 Å². The van der Waals surface area contributed by atoms with Crippen molar-refractivity contribution < 1.29 is 24.2 Å². The number of carbonyl (C=O) groups is 2. The van der Waals surface area contributed by atoms with Crippen molar-refractivity contribution in [2.75, 3.05) is 13.7 Å². The van der Waals surface area contributed by atoms with Crippen LogP contribution in [0.3, 0.4) is 0 Å². The molecule has 2 aromatic rings. The fraction of sp³-hybridized carbons (Fsp3) is 0.273. The van der Waals surface area contributed by atoms with Crippen molar-refractivity contribution >= 4 is 33.9 Å². The molecule has 0 fully saturated rings. The van der Waals surface area contributed by atoms with Gasteiger partial charge in [-0.15, -0.1) is 0 Å². The van der Waals surface area contributed by atoms with E-state index in [9.17, 15) is 9.59 Å². The van der Waals surface area contributed by atoms with E-state index in [4.69, 9.17) is 14.6 Å². The van der Waals surface area contributed by atoms with E-state index >= 15 is 0 Å². The molecule has 6 nitrogen and oxygen atoms in total. The molecule has 1 amide bonds. The Kier molecular flexibility index (Phi) is 8.73. The highest BCUT2D eigenvalue weighted by molar-refractivity contribution is 9.10. The van der Waals surface area contributed by atoms with Crippen LogP contribution in [0.2, 0.25) is 0 Å². The number of carbonyl (C=O) groups excluding carboxylic acids is 1. The number of amides is 1. The number of hydrogen-bond donors (Lipinski definition) is 2. The Labute approximate surface area is 178 Å². The zero-order chi connectivity index (χ0) is 21.2. The molecule has 29 heavy (non-hydrogen) atoms. The molecule has 0 aliphatic carbocycles. The minimum absolute atomic E-state index is 0.0260. The molecular weight excluding hydrogens is 438 g/mol. The van der Waals surface area contributed by atoms with Crippen LogP contribution < -0.4 is 14.8 Å². The first-order valence-electron chi connectivity index (χ1n) is 9.12. The van der Waals surface area contributed by atoms with Gasteiger partial charge < -0.3 is 19.9 Å². The molecule has 0 atom stereocenters. The number of carboxylic acid groups (broad SMARTS) is 1. The highest BCUT2D eigenvalue weighted by atomic mass is 79.9. The van der Waals surface area contributed by atoms with E-state index in [-0.39, 0.29) is 12.3 Å². The zero-order valence-electron chi connectivity index (χ0n) is 16.4. The summed E-state index contributed by atoms with van der Waals surface area (Å²) in [5, 5.41) is 11.2. The summed E-state index contributed by atoms with van der Waals surface area (Å²) in [4.78, 5) is 22.3. The van der Waals surface area contributed by atoms with Gasteiger partial charge in [-0.25, -0.2) is 0 Å². The maximum atomic E-state index is 11.8. The fourth-order valence-corrected chi connectivity index (χ4v) is 3.07. The van der Waals surface area contributed by atoms with E-state index in [2.05, 4.69) is 21.2 Å². The molecule has 0 aromatic heterocycles. The molecule has 0 saturated carbocycles. The number of aliphatic carboxylic acids is 1. The van der Waals surface area contributed by atoms with Gasteiger partial charge in [-0.1, -0.05) is 29.8 Å². The third-order valence-corrected chi connectivity index (χ3v) is 4.64. The van der Waals surface area contributed by atoms with Gasteiger partial charge in [-0.05, 0) is 58.6 Å². The van der Waals surface area contributed by atoms with Gasteiger partial charge in [0.1, 0.15) is 6.61 Å². The summed E-state index contributed by atoms with van der Waals surface area (Å²) in [5.41, 5.74) is 3.00. The van der Waals surface area contributed by atoms with Crippen LogP contribution in [0.4, 0.5) is 0 Å². The maximum absolute atomic E-state index is 11.8. The van der Waals surface area contributed by atoms with Gasteiger partial charge in [0.05, 0.1) is 11.6 Å². The van der Waals surface area contributed by atoms with Gasteiger partial charge in [-0.2, -0.15) is 0 Å². The molecule has 0 bridgehead atoms. The highest BCUT2D eigenvalue weighted by Crippen LogP contribution is 2.37. The van der Waals surface area contributed by atoms with Crippen LogP contribution >= 0.6 is 15.9 Å². The lowest BCUT2D eigenvalue weighted by atomic mass is 10.1. The Hall–Kier alpha value is -2.80. The summed E-state index contributed by atoms with van der Waals surface area (Å²) >= 11 is 3.50. The Morgan fingerprint density at radius 2 is 1.93 bits per heavy atom. The molecule has 0 aliphatic rings. The molecule has 2 rings (SSSR count). The van der Waals surface area contributed by atoms with Crippen molar-refractivity contribution in [2.24, 2.45) is 0 Å². The summed E-state index contributed by atoms with van der Waals surface area (Å²) in [6, 6.07) is 11.7. The summed E-state index contributed by atoms with van der Waals surface area (Å²) in [7, 11) is 1.56. The van der Waals surface area contributed by atoms with Crippen LogP contribution in [-0.2, 0) is 16.2 Å². The molecule has 0 aliphatic heterocycles. The van der Waals surface area contributed by atoms with Gasteiger partial charge in [0.25, 0.3) is 0 Å². The Morgan fingerprint density at radius 3 is 2.59 bits per heavy atom. The minimum atomic E-state index is -0.878. The lowest BCUT2D eigenvalue weighted by molar-refractivity contribution is -0.137. The topological polar surface area (TPSA) is 84.9 Å². The van der Waals surface area contributed by atoms with Crippen molar-refractivity contribution in [2.45, 2.75) is 26.4 Å². The molecule has 0 saturated heterocycles. The van der Waals surface area contributed by atoms with Crippen molar-refractivity contribution in [3.8, 4) is 11.5 Å². The number of carboxylic acids is 1. The Bertz CT molecular complexity index is 878. The second-order valence-corrected chi connectivity index (χ2v) is 7.28. The van der Waals surface area contributed by atoms with Gasteiger partial charge in [-0.3, -0.25) is 9.59 Å². The summed E-state index contributed by atoms with van der Waals surface area (Å²) in [5.74, 6) is -0.0297. The van der Waals surface area contributed by atoms with Crippen LogP contribution in [0.25, 0.3) is 6.08 Å². The predicted molar refractivity (Wildman–Crippen MR) is 115 cm³/mol. The van der Waals surface area contributed by atoms with Crippen molar-refractivity contribution in [3.63, 3.8) is 0 Å². The minimum Gasteiger partial charge on any atom is -0.493 e.